The second-order valence-corrected chi connectivity index (χ2v) is 12.7. The SMILES string of the molecule is Cc1ccc2c3ccc(C(=O)O)c4c(C(=O)CC5CCCCC5)ccc(c5ccc(C(=O)NC6CCCCC6)c1c25)c43. The van der Waals surface area contributed by atoms with Gasteiger partial charge in [-0.3, -0.25) is 9.59 Å². The first-order valence-electron chi connectivity index (χ1n) is 15.7. The van der Waals surface area contributed by atoms with Crippen molar-refractivity contribution < 1.29 is 19.5 Å². The zero-order valence-electron chi connectivity index (χ0n) is 24.2. The minimum atomic E-state index is -1.03. The van der Waals surface area contributed by atoms with Gasteiger partial charge in [0.2, 0.25) is 0 Å². The lowest BCUT2D eigenvalue weighted by Gasteiger charge is -2.24. The standard InChI is InChI=1S/C37H37NO4/c1-21-12-13-24-27-16-19-30(37(41)42)35-28(31(39)20-22-8-4-2-5-9-22)17-14-26(34(27)35)25-15-18-29(32(21)33(24)25)36(40)38-23-10-6-3-7-11-23/h12-19,22-23H,2-11,20H2,1H3,(H,38,40)(H,41,42). The van der Waals surface area contributed by atoms with Gasteiger partial charge in [0.05, 0.1) is 5.56 Å². The Kier molecular flexibility index (Phi) is 6.84. The topological polar surface area (TPSA) is 83.5 Å². The zero-order valence-corrected chi connectivity index (χ0v) is 24.2. The van der Waals surface area contributed by atoms with Gasteiger partial charge in [-0.1, -0.05) is 87.8 Å². The Labute approximate surface area is 245 Å². The van der Waals surface area contributed by atoms with E-state index in [1.54, 1.807) is 6.07 Å². The fourth-order valence-electron chi connectivity index (χ4n) is 7.93. The van der Waals surface area contributed by atoms with E-state index in [1.165, 1.54) is 12.8 Å². The average Bonchev–Trinajstić information content (AvgIpc) is 3.00. The van der Waals surface area contributed by atoms with Gasteiger partial charge in [-0.2, -0.15) is 0 Å². The molecule has 214 valence electrons. The molecule has 5 aromatic carbocycles. The first kappa shape index (κ1) is 26.9. The lowest BCUT2D eigenvalue weighted by molar-refractivity contribution is 0.0698. The number of Topliss-reactive ketones (excluding diaryl/α,β-unsaturated/α-hetero) is 1. The van der Waals surface area contributed by atoms with E-state index in [0.717, 1.165) is 94.6 Å². The molecule has 2 fully saturated rings. The quantitative estimate of drug-likeness (QED) is 0.124. The van der Waals surface area contributed by atoms with Crippen LogP contribution < -0.4 is 5.32 Å². The Morgan fingerprint density at radius 1 is 0.643 bits per heavy atom. The summed E-state index contributed by atoms with van der Waals surface area (Å²) < 4.78 is 0. The number of carboxylic acid groups (broad SMARTS) is 1. The van der Waals surface area contributed by atoms with E-state index in [4.69, 9.17) is 0 Å². The second kappa shape index (κ2) is 10.7. The fourth-order valence-corrected chi connectivity index (χ4v) is 7.93. The molecule has 0 atom stereocenters. The molecule has 42 heavy (non-hydrogen) atoms. The average molecular weight is 560 g/mol. The van der Waals surface area contributed by atoms with Gasteiger partial charge in [0.15, 0.2) is 5.78 Å². The molecule has 0 aliphatic heterocycles. The van der Waals surface area contributed by atoms with Crippen molar-refractivity contribution in [1.82, 2.24) is 5.32 Å². The Morgan fingerprint density at radius 2 is 1.17 bits per heavy atom. The van der Waals surface area contributed by atoms with Gasteiger partial charge in [-0.05, 0) is 81.1 Å². The van der Waals surface area contributed by atoms with Gasteiger partial charge in [0.25, 0.3) is 5.91 Å². The molecule has 5 aromatic rings. The van der Waals surface area contributed by atoms with Crippen molar-refractivity contribution in [3.63, 3.8) is 0 Å². The number of fused-ring (bicyclic) bond motifs is 2. The van der Waals surface area contributed by atoms with E-state index in [1.807, 2.05) is 37.3 Å². The molecule has 7 rings (SSSR count). The van der Waals surface area contributed by atoms with Crippen LogP contribution in [0.25, 0.3) is 43.1 Å². The molecule has 0 heterocycles. The number of hydrogen-bond acceptors (Lipinski definition) is 3. The second-order valence-electron chi connectivity index (χ2n) is 12.7. The highest BCUT2D eigenvalue weighted by molar-refractivity contribution is 6.37. The predicted octanol–water partition coefficient (Wildman–Crippen LogP) is 8.96. The maximum Gasteiger partial charge on any atom is 0.336 e. The third-order valence-electron chi connectivity index (χ3n) is 10.0. The van der Waals surface area contributed by atoms with Crippen LogP contribution in [0, 0.1) is 12.8 Å². The molecule has 5 nitrogen and oxygen atoms in total. The third-order valence-corrected chi connectivity index (χ3v) is 10.0. The summed E-state index contributed by atoms with van der Waals surface area (Å²) in [5.41, 5.74) is 2.39. The lowest BCUT2D eigenvalue weighted by Crippen LogP contribution is -2.36. The smallest absolute Gasteiger partial charge is 0.336 e. The summed E-state index contributed by atoms with van der Waals surface area (Å²) in [7, 11) is 0. The minimum Gasteiger partial charge on any atom is -0.478 e. The van der Waals surface area contributed by atoms with E-state index in [-0.39, 0.29) is 23.3 Å². The summed E-state index contributed by atoms with van der Waals surface area (Å²) in [5.74, 6) is -0.668. The van der Waals surface area contributed by atoms with Crippen LogP contribution in [-0.4, -0.2) is 28.8 Å². The molecule has 0 unspecified atom stereocenters. The summed E-state index contributed by atoms with van der Waals surface area (Å²) in [6, 6.07) is 15.7. The van der Waals surface area contributed by atoms with Crippen molar-refractivity contribution in [2.75, 3.05) is 0 Å². The normalized spacial score (nSPS) is 17.0. The van der Waals surface area contributed by atoms with Crippen LogP contribution in [0.5, 0.6) is 0 Å². The molecule has 5 heteroatoms. The summed E-state index contributed by atoms with van der Waals surface area (Å²) in [5, 5.41) is 20.6. The van der Waals surface area contributed by atoms with E-state index in [9.17, 15) is 19.5 Å². The number of amides is 1. The lowest BCUT2D eigenvalue weighted by atomic mass is 9.81. The molecule has 1 amide bonds. The monoisotopic (exact) mass is 559 g/mol. The highest BCUT2D eigenvalue weighted by Gasteiger charge is 2.26. The van der Waals surface area contributed by atoms with E-state index < -0.39 is 5.97 Å². The number of carbonyl (C=O) groups is 3. The number of benzene rings is 5. The molecule has 2 aliphatic carbocycles. The van der Waals surface area contributed by atoms with Gasteiger partial charge >= 0.3 is 5.97 Å². The Hall–Kier alpha value is -3.99. The van der Waals surface area contributed by atoms with Crippen LogP contribution >= 0.6 is 0 Å². The van der Waals surface area contributed by atoms with E-state index >= 15 is 0 Å². The number of hydrogen-bond donors (Lipinski definition) is 2. The van der Waals surface area contributed by atoms with Crippen LogP contribution in [0.2, 0.25) is 0 Å². The van der Waals surface area contributed by atoms with Crippen LogP contribution in [0.3, 0.4) is 0 Å². The molecule has 0 saturated heterocycles. The summed E-state index contributed by atoms with van der Waals surface area (Å²) in [4.78, 5) is 39.9. The molecule has 0 aromatic heterocycles. The number of aromatic carboxylic acids is 1. The molecule has 2 aliphatic rings. The van der Waals surface area contributed by atoms with Crippen LogP contribution in [-0.2, 0) is 0 Å². The van der Waals surface area contributed by atoms with Gasteiger partial charge in [0, 0.05) is 29.0 Å². The number of carbonyl (C=O) groups excluding carboxylic acids is 2. The molecular weight excluding hydrogens is 522 g/mol. The molecular formula is C37H37NO4. The number of aryl methyl sites for hydroxylation is 1. The van der Waals surface area contributed by atoms with E-state index in [2.05, 4.69) is 17.4 Å². The maximum atomic E-state index is 13.8. The maximum absolute atomic E-state index is 13.8. The van der Waals surface area contributed by atoms with Crippen LogP contribution in [0.4, 0.5) is 0 Å². The van der Waals surface area contributed by atoms with Crippen molar-refractivity contribution in [1.29, 1.82) is 0 Å². The molecule has 2 N–H and O–H groups in total. The van der Waals surface area contributed by atoms with Crippen LogP contribution in [0.1, 0.15) is 107 Å². The third kappa shape index (κ3) is 4.41. The Balaban J connectivity index is 1.45. The zero-order chi connectivity index (χ0) is 29.0. The first-order chi connectivity index (χ1) is 20.4. The van der Waals surface area contributed by atoms with Gasteiger partial charge in [-0.25, -0.2) is 4.79 Å². The van der Waals surface area contributed by atoms with Crippen molar-refractivity contribution in [3.05, 3.63) is 70.8 Å². The van der Waals surface area contributed by atoms with Crippen molar-refractivity contribution in [2.24, 2.45) is 5.92 Å². The first-order valence-corrected chi connectivity index (χ1v) is 15.7. The predicted molar refractivity (Wildman–Crippen MR) is 169 cm³/mol. The molecule has 0 spiro atoms. The number of carboxylic acids is 1. The number of rotatable bonds is 6. The summed E-state index contributed by atoms with van der Waals surface area (Å²) >= 11 is 0. The summed E-state index contributed by atoms with van der Waals surface area (Å²) in [6.07, 6.45) is 11.7. The van der Waals surface area contributed by atoms with Crippen molar-refractivity contribution in [3.8, 4) is 0 Å². The highest BCUT2D eigenvalue weighted by atomic mass is 16.4. The van der Waals surface area contributed by atoms with Crippen molar-refractivity contribution >= 4 is 60.7 Å². The fraction of sp³-hybridized carbons (Fsp3) is 0.378. The van der Waals surface area contributed by atoms with Gasteiger partial charge in [-0.15, -0.1) is 0 Å². The largest absolute Gasteiger partial charge is 0.478 e. The van der Waals surface area contributed by atoms with Gasteiger partial charge in [0.1, 0.15) is 0 Å². The highest BCUT2D eigenvalue weighted by Crippen LogP contribution is 2.44. The van der Waals surface area contributed by atoms with Crippen LogP contribution in [0.15, 0.2) is 48.5 Å². The Bertz CT molecular complexity index is 1850. The van der Waals surface area contributed by atoms with E-state index in [0.29, 0.717) is 28.9 Å². The van der Waals surface area contributed by atoms with Crippen molar-refractivity contribution in [2.45, 2.75) is 83.6 Å². The number of nitrogens with one attached hydrogen (secondary N) is 1. The molecule has 0 radical (unpaired) electrons. The summed E-state index contributed by atoms with van der Waals surface area (Å²) in [6.45, 7) is 2.05. The molecule has 0 bridgehead atoms. The minimum absolute atomic E-state index is 0.0303. The number of ketones is 1. The Morgan fingerprint density at radius 3 is 1.79 bits per heavy atom. The van der Waals surface area contributed by atoms with Gasteiger partial charge < -0.3 is 10.4 Å². The molecule has 2 saturated carbocycles.